The number of aliphatic hydroxyl groups is 2. The monoisotopic (exact) mass is 654 g/mol. The molecule has 4 aromatic heterocycles. The van der Waals surface area contributed by atoms with Crippen molar-refractivity contribution in [1.82, 2.24) is 39.8 Å². The molecule has 1 aliphatic heterocycles. The Morgan fingerprint density at radius 1 is 1.30 bits per heavy atom. The molecular weight excluding hydrogens is 633 g/mol. The van der Waals surface area contributed by atoms with Gasteiger partial charge in [-0.15, -0.1) is 0 Å². The average Bonchev–Trinajstić information content (AvgIpc) is 3.28. The van der Waals surface area contributed by atoms with Gasteiger partial charge in [-0.05, 0) is 0 Å². The maximum atomic E-state index is 12.6. The van der Waals surface area contributed by atoms with Crippen molar-refractivity contribution in [3.63, 3.8) is 0 Å². The fourth-order valence-corrected chi connectivity index (χ4v) is 10.5. The molecule has 12 nitrogen and oxygen atoms in total. The van der Waals surface area contributed by atoms with Gasteiger partial charge in [0, 0.05) is 0 Å². The first-order valence-corrected chi connectivity index (χ1v) is 15.3. The van der Waals surface area contributed by atoms with Crippen LogP contribution in [0.25, 0.3) is 27.7 Å². The second-order valence-electron chi connectivity index (χ2n) is 9.40. The number of nitrogens with one attached hydrogen (secondary N) is 2. The van der Waals surface area contributed by atoms with Crippen molar-refractivity contribution >= 4 is 45.8 Å². The van der Waals surface area contributed by atoms with Crippen molar-refractivity contribution in [1.29, 1.82) is 0 Å². The Morgan fingerprint density at radius 3 is 2.84 bits per heavy atom. The normalized spacial score (nSPS) is 29.0. The molecule has 37 heavy (non-hydrogen) atoms. The molecule has 194 valence electrons. The molecule has 4 N–H and O–H groups in total. The first-order valence-electron chi connectivity index (χ1n) is 11.8. The van der Waals surface area contributed by atoms with E-state index < -0.39 is 42.9 Å². The van der Waals surface area contributed by atoms with Gasteiger partial charge in [0.05, 0.1) is 0 Å². The topological polar surface area (TPSA) is 156 Å². The van der Waals surface area contributed by atoms with E-state index >= 15 is 0 Å². The van der Waals surface area contributed by atoms with Crippen LogP contribution in [-0.4, -0.2) is 83.3 Å². The molecule has 3 fully saturated rings. The molecule has 2 saturated carbocycles. The predicted octanol–water partition coefficient (Wildman–Crippen LogP) is -2.01. The van der Waals surface area contributed by atoms with Gasteiger partial charge in [-0.3, -0.25) is 0 Å². The van der Waals surface area contributed by atoms with E-state index in [4.69, 9.17) is 21.6 Å². The zero-order valence-corrected chi connectivity index (χ0v) is 23.1. The second-order valence-corrected chi connectivity index (χ2v) is 14.9. The Balaban J connectivity index is 1.32. The van der Waals surface area contributed by atoms with E-state index in [1.54, 1.807) is 24.1 Å². The van der Waals surface area contributed by atoms with Gasteiger partial charge in [-0.25, -0.2) is 0 Å². The summed E-state index contributed by atoms with van der Waals surface area (Å²) in [5.74, 6) is 0.666. The van der Waals surface area contributed by atoms with Gasteiger partial charge < -0.3 is 0 Å². The first kappa shape index (κ1) is 23.7. The van der Waals surface area contributed by atoms with E-state index in [-0.39, 0.29) is 9.83 Å². The molecule has 0 radical (unpaired) electrons. The van der Waals surface area contributed by atoms with Crippen LogP contribution in [0.4, 0.5) is 5.82 Å². The Labute approximate surface area is 229 Å². The Bertz CT molecular complexity index is 1540. The number of alkyl halides is 2. The van der Waals surface area contributed by atoms with E-state index in [1.807, 2.05) is 12.1 Å². The summed E-state index contributed by atoms with van der Waals surface area (Å²) in [6.45, 7) is 0. The van der Waals surface area contributed by atoms with Crippen LogP contribution in [0.1, 0.15) is 25.3 Å². The zero-order valence-electron chi connectivity index (χ0n) is 19.4. The molecule has 1 saturated heterocycles. The van der Waals surface area contributed by atoms with E-state index in [1.165, 1.54) is 16.0 Å². The minimum absolute atomic E-state index is 0.128. The number of aliphatic hydroxyl groups excluding tert-OH is 2. The third-order valence-electron chi connectivity index (χ3n) is 7.33. The molecule has 7 rings (SSSR count). The molecule has 4 aromatic rings. The molecule has 2 aliphatic carbocycles. The van der Waals surface area contributed by atoms with Crippen LogP contribution in [0.15, 0.2) is 24.7 Å². The number of aromatic nitrogens is 7. The molecule has 3 aliphatic rings. The fourth-order valence-electron chi connectivity index (χ4n) is 5.12. The van der Waals surface area contributed by atoms with Gasteiger partial charge >= 0.3 is 219 Å². The molecular formula is C22H22ClIN9O3S-. The summed E-state index contributed by atoms with van der Waals surface area (Å²) in [7, 11) is 1.56. The van der Waals surface area contributed by atoms with Gasteiger partial charge in [-0.1, -0.05) is 11.6 Å². The molecule has 15 heteroatoms. The number of hydrogen-bond acceptors (Lipinski definition) is 10. The van der Waals surface area contributed by atoms with Crippen LogP contribution in [0, 0.1) is 0 Å². The van der Waals surface area contributed by atoms with Crippen molar-refractivity contribution in [2.24, 2.45) is 0 Å². The van der Waals surface area contributed by atoms with Gasteiger partial charge in [0.15, 0.2) is 0 Å². The molecule has 5 atom stereocenters. The number of thiophene rings is 1. The minimum atomic E-state index is -1.13. The number of hydrogen-bond donors (Lipinski definition) is 4. The zero-order chi connectivity index (χ0) is 25.5. The van der Waals surface area contributed by atoms with E-state index in [0.29, 0.717) is 39.0 Å². The summed E-state index contributed by atoms with van der Waals surface area (Å²) in [6, 6.07) is 3.48. The van der Waals surface area contributed by atoms with Crippen LogP contribution in [0.2, 0.25) is 4.34 Å². The number of imidazole rings is 1. The molecule has 0 aromatic carbocycles. The number of amides is 1. The van der Waals surface area contributed by atoms with Crippen LogP contribution in [0.3, 0.4) is 0 Å². The summed E-state index contributed by atoms with van der Waals surface area (Å²) < 4.78 is 2.94. The van der Waals surface area contributed by atoms with Gasteiger partial charge in [0.25, 0.3) is 0 Å². The third-order valence-corrected chi connectivity index (χ3v) is 13.1. The fraction of sp³-hybridized carbons (Fsp3) is 0.455. The first-order chi connectivity index (χ1) is 17.9. The summed E-state index contributed by atoms with van der Waals surface area (Å²) in [6.07, 6.45) is 4.37. The summed E-state index contributed by atoms with van der Waals surface area (Å²) in [5.41, 5.74) is 1.72. The molecule has 2 unspecified atom stereocenters. The molecule has 0 bridgehead atoms. The SMILES string of the molecule is CNC(=O)[C@@]12[I-][C@@H]1[C@@H](n1cnc3c(NC4CCC4)nc(-n4cc(-c5ccc(Cl)s5)nn4)nc31)C(O)C2O. The summed E-state index contributed by atoms with van der Waals surface area (Å²) >= 11 is 6.83. The molecule has 5 heterocycles. The summed E-state index contributed by atoms with van der Waals surface area (Å²) in [4.78, 5) is 27.6. The van der Waals surface area contributed by atoms with Crippen LogP contribution in [0.5, 0.6) is 0 Å². The second kappa shape index (κ2) is 8.56. The van der Waals surface area contributed by atoms with E-state index in [2.05, 4.69) is 25.9 Å². The third kappa shape index (κ3) is 3.52. The standard InChI is InChI=1S/C22H22ClIN9O3S/c1-25-20(36)22-16(24-22)14(15(34)17(22)35)32-8-26-13-18(27-9-3-2-4-9)28-21(29-19(13)32)33-7-10(30-31-33)11-5-6-12(23)37-11/h5-9,14-17,34-35H,2-4H2,1H3,(H,25,36)(H,27,28,29)/q-1/t14-,15?,16+,17?,22+/m0/s1. The number of anilines is 1. The molecule has 0 spiro atoms. The van der Waals surface area contributed by atoms with Crippen molar-refractivity contribution in [3.05, 3.63) is 29.0 Å². The van der Waals surface area contributed by atoms with Crippen LogP contribution >= 0.6 is 22.9 Å². The Hall–Kier alpha value is -2.40. The maximum absolute atomic E-state index is 12.6. The number of carbonyl (C=O) groups is 1. The van der Waals surface area contributed by atoms with Gasteiger partial charge in [-0.2, -0.15) is 0 Å². The van der Waals surface area contributed by atoms with Crippen molar-refractivity contribution < 1.29 is 36.2 Å². The van der Waals surface area contributed by atoms with Crippen molar-refractivity contribution in [2.75, 3.05) is 12.4 Å². The number of halogens is 2. The van der Waals surface area contributed by atoms with E-state index in [9.17, 15) is 15.0 Å². The molecule has 1 amide bonds. The summed E-state index contributed by atoms with van der Waals surface area (Å²) in [5, 5.41) is 36.6. The number of fused-ring (bicyclic) bond motifs is 2. The van der Waals surface area contributed by atoms with Gasteiger partial charge in [0.2, 0.25) is 0 Å². The Kier molecular flexibility index (Phi) is 5.48. The van der Waals surface area contributed by atoms with Crippen LogP contribution in [-0.2, 0) is 4.79 Å². The van der Waals surface area contributed by atoms with Crippen LogP contribution < -0.4 is 31.8 Å². The Morgan fingerprint density at radius 2 is 2.14 bits per heavy atom. The predicted molar refractivity (Wildman–Crippen MR) is 131 cm³/mol. The average molecular weight is 655 g/mol. The quantitative estimate of drug-likeness (QED) is 0.136. The van der Waals surface area contributed by atoms with E-state index in [0.717, 1.165) is 24.1 Å². The number of carbonyl (C=O) groups excluding carboxylic acids is 1. The van der Waals surface area contributed by atoms with Gasteiger partial charge in [0.1, 0.15) is 0 Å². The number of nitrogens with zero attached hydrogens (tertiary/aromatic N) is 7. The van der Waals surface area contributed by atoms with Crippen molar-refractivity contribution in [2.45, 2.75) is 50.9 Å². The van der Waals surface area contributed by atoms with Crippen molar-refractivity contribution in [3.8, 4) is 16.5 Å². The number of rotatable bonds is 6.